The Kier molecular flexibility index (Phi) is 5.53. The Morgan fingerprint density at radius 1 is 1.00 bits per heavy atom. The Morgan fingerprint density at radius 2 is 1.84 bits per heavy atom. The van der Waals surface area contributed by atoms with Gasteiger partial charge in [0.15, 0.2) is 5.82 Å². The number of anilines is 1. The average molecular weight is 419 g/mol. The number of piperazine rings is 1. The van der Waals surface area contributed by atoms with Crippen LogP contribution in [0.4, 0.5) is 5.82 Å². The van der Waals surface area contributed by atoms with Gasteiger partial charge < -0.3 is 9.80 Å². The Labute approximate surface area is 180 Å². The number of nitrogens with zero attached hydrogens (tertiary/aromatic N) is 9. The third-order valence-corrected chi connectivity index (χ3v) is 5.97. The van der Waals surface area contributed by atoms with Crippen LogP contribution in [0.5, 0.6) is 0 Å². The number of benzene rings is 1. The van der Waals surface area contributed by atoms with Crippen LogP contribution in [0.2, 0.25) is 0 Å². The van der Waals surface area contributed by atoms with E-state index in [0.717, 1.165) is 44.2 Å². The van der Waals surface area contributed by atoms with Gasteiger partial charge in [0.1, 0.15) is 12.4 Å². The van der Waals surface area contributed by atoms with Crippen LogP contribution in [-0.2, 0) is 30.8 Å². The van der Waals surface area contributed by atoms with Crippen LogP contribution in [0.1, 0.15) is 17.0 Å². The van der Waals surface area contributed by atoms with Crippen molar-refractivity contribution in [3.63, 3.8) is 0 Å². The largest absolute Gasteiger partial charge is 0.352 e. The lowest BCUT2D eigenvalue weighted by Gasteiger charge is -2.35. The van der Waals surface area contributed by atoms with E-state index in [1.807, 2.05) is 4.90 Å². The monoisotopic (exact) mass is 419 g/mol. The fraction of sp³-hybridized carbons (Fsp3) is 0.429. The summed E-state index contributed by atoms with van der Waals surface area (Å²) in [6.07, 6.45) is 6.12. The zero-order valence-electron chi connectivity index (χ0n) is 17.3. The molecule has 0 unspecified atom stereocenters. The standard InChI is InChI=1S/C21H25N9O/c31-21(29-11-9-28(10-12-29)19-13-22-6-7-23-19)16-30-20(24-25-26-30)15-27-8-5-17-3-1-2-4-18(17)14-27/h1-4,6-7,13H,5,8-12,14-16H2. The zero-order chi connectivity index (χ0) is 21.0. The zero-order valence-corrected chi connectivity index (χ0v) is 17.3. The molecule has 10 nitrogen and oxygen atoms in total. The number of aromatic nitrogens is 6. The van der Waals surface area contributed by atoms with Crippen molar-refractivity contribution in [1.82, 2.24) is 40.0 Å². The summed E-state index contributed by atoms with van der Waals surface area (Å²) in [5, 5.41) is 12.1. The molecule has 2 aromatic heterocycles. The number of amides is 1. The molecule has 1 saturated heterocycles. The molecule has 0 spiro atoms. The first-order chi connectivity index (χ1) is 15.3. The summed E-state index contributed by atoms with van der Waals surface area (Å²) in [5.74, 6) is 1.61. The van der Waals surface area contributed by atoms with E-state index in [1.54, 1.807) is 23.3 Å². The maximum Gasteiger partial charge on any atom is 0.244 e. The van der Waals surface area contributed by atoms with Gasteiger partial charge in [-0.2, -0.15) is 0 Å². The van der Waals surface area contributed by atoms with Gasteiger partial charge in [-0.1, -0.05) is 24.3 Å². The molecule has 160 valence electrons. The molecule has 4 heterocycles. The van der Waals surface area contributed by atoms with Crippen molar-refractivity contribution in [2.24, 2.45) is 0 Å². The van der Waals surface area contributed by atoms with Crippen LogP contribution in [-0.4, -0.2) is 78.6 Å². The van der Waals surface area contributed by atoms with E-state index in [-0.39, 0.29) is 12.5 Å². The molecular formula is C21H25N9O. The van der Waals surface area contributed by atoms with Crippen LogP contribution in [0, 0.1) is 0 Å². The van der Waals surface area contributed by atoms with Gasteiger partial charge in [-0.15, -0.1) is 5.10 Å². The first-order valence-corrected chi connectivity index (χ1v) is 10.6. The molecule has 10 heteroatoms. The van der Waals surface area contributed by atoms with E-state index < -0.39 is 0 Å². The number of hydrogen-bond donors (Lipinski definition) is 0. The maximum absolute atomic E-state index is 12.9. The van der Waals surface area contributed by atoms with Crippen LogP contribution < -0.4 is 4.90 Å². The lowest BCUT2D eigenvalue weighted by molar-refractivity contribution is -0.132. The van der Waals surface area contributed by atoms with Crippen molar-refractivity contribution in [3.8, 4) is 0 Å². The smallest absolute Gasteiger partial charge is 0.244 e. The minimum Gasteiger partial charge on any atom is -0.352 e. The molecule has 3 aromatic rings. The maximum atomic E-state index is 12.9. The highest BCUT2D eigenvalue weighted by Crippen LogP contribution is 2.19. The molecule has 0 saturated carbocycles. The van der Waals surface area contributed by atoms with Gasteiger partial charge in [-0.3, -0.25) is 14.7 Å². The van der Waals surface area contributed by atoms with Gasteiger partial charge >= 0.3 is 0 Å². The fourth-order valence-electron chi connectivity index (χ4n) is 4.22. The van der Waals surface area contributed by atoms with Crippen molar-refractivity contribution in [3.05, 3.63) is 59.8 Å². The summed E-state index contributed by atoms with van der Waals surface area (Å²) in [6.45, 7) is 5.40. The second kappa shape index (κ2) is 8.76. The minimum atomic E-state index is 0.0383. The Balaban J connectivity index is 1.17. The molecule has 0 N–H and O–H groups in total. The van der Waals surface area contributed by atoms with Crippen LogP contribution in [0.15, 0.2) is 42.9 Å². The van der Waals surface area contributed by atoms with E-state index in [2.05, 4.69) is 59.6 Å². The molecule has 2 aliphatic rings. The normalized spacial score (nSPS) is 16.9. The molecule has 31 heavy (non-hydrogen) atoms. The first-order valence-electron chi connectivity index (χ1n) is 10.6. The SMILES string of the molecule is O=C(Cn1nnnc1CN1CCc2ccccc2C1)N1CCN(c2cnccn2)CC1. The second-order valence-corrected chi connectivity index (χ2v) is 7.91. The summed E-state index contributed by atoms with van der Waals surface area (Å²) in [5.41, 5.74) is 2.76. The van der Waals surface area contributed by atoms with Crippen LogP contribution >= 0.6 is 0 Å². The highest BCUT2D eigenvalue weighted by atomic mass is 16.2. The van der Waals surface area contributed by atoms with E-state index >= 15 is 0 Å². The first kappa shape index (κ1) is 19.6. The Bertz CT molecular complexity index is 1030. The molecule has 5 rings (SSSR count). The molecule has 1 amide bonds. The topological polar surface area (TPSA) is 96.2 Å². The number of tetrazole rings is 1. The third-order valence-electron chi connectivity index (χ3n) is 5.97. The molecule has 2 aliphatic heterocycles. The number of carbonyl (C=O) groups is 1. The number of rotatable bonds is 5. The van der Waals surface area contributed by atoms with Crippen molar-refractivity contribution in [1.29, 1.82) is 0 Å². The van der Waals surface area contributed by atoms with Crippen LogP contribution in [0.3, 0.4) is 0 Å². The van der Waals surface area contributed by atoms with Crippen molar-refractivity contribution < 1.29 is 4.79 Å². The molecule has 1 fully saturated rings. The molecular weight excluding hydrogens is 394 g/mol. The second-order valence-electron chi connectivity index (χ2n) is 7.91. The predicted molar refractivity (Wildman–Crippen MR) is 113 cm³/mol. The van der Waals surface area contributed by atoms with E-state index in [0.29, 0.717) is 19.6 Å². The summed E-state index contributed by atoms with van der Waals surface area (Å²) in [7, 11) is 0. The van der Waals surface area contributed by atoms with E-state index in [1.165, 1.54) is 11.1 Å². The summed E-state index contributed by atoms with van der Waals surface area (Å²) >= 11 is 0. The van der Waals surface area contributed by atoms with Crippen molar-refractivity contribution >= 4 is 11.7 Å². The van der Waals surface area contributed by atoms with Gasteiger partial charge in [-0.05, 0) is 28.0 Å². The third kappa shape index (κ3) is 4.38. The molecule has 0 atom stereocenters. The number of fused-ring (bicyclic) bond motifs is 1. The predicted octanol–water partition coefficient (Wildman–Crippen LogP) is 0.370. The minimum absolute atomic E-state index is 0.0383. The van der Waals surface area contributed by atoms with Gasteiger partial charge in [0, 0.05) is 51.7 Å². The highest BCUT2D eigenvalue weighted by Gasteiger charge is 2.24. The Hall–Kier alpha value is -3.40. The number of carbonyl (C=O) groups excluding carboxylic acids is 1. The average Bonchev–Trinajstić information content (AvgIpc) is 3.26. The van der Waals surface area contributed by atoms with Gasteiger partial charge in [0.25, 0.3) is 0 Å². The van der Waals surface area contributed by atoms with E-state index in [4.69, 9.17) is 0 Å². The van der Waals surface area contributed by atoms with E-state index in [9.17, 15) is 4.79 Å². The molecule has 0 radical (unpaired) electrons. The van der Waals surface area contributed by atoms with Crippen molar-refractivity contribution in [2.75, 3.05) is 37.6 Å². The van der Waals surface area contributed by atoms with Gasteiger partial charge in [-0.25, -0.2) is 9.67 Å². The molecule has 0 aliphatic carbocycles. The summed E-state index contributed by atoms with van der Waals surface area (Å²) < 4.78 is 1.64. The summed E-state index contributed by atoms with van der Waals surface area (Å²) in [6, 6.07) is 8.54. The number of hydrogen-bond acceptors (Lipinski definition) is 8. The quantitative estimate of drug-likeness (QED) is 0.585. The fourth-order valence-corrected chi connectivity index (χ4v) is 4.22. The lowest BCUT2D eigenvalue weighted by atomic mass is 10.00. The van der Waals surface area contributed by atoms with Gasteiger partial charge in [0.05, 0.1) is 12.7 Å². The molecule has 0 bridgehead atoms. The highest BCUT2D eigenvalue weighted by molar-refractivity contribution is 5.76. The van der Waals surface area contributed by atoms with Crippen LogP contribution in [0.25, 0.3) is 0 Å². The van der Waals surface area contributed by atoms with Gasteiger partial charge in [0.2, 0.25) is 5.91 Å². The summed E-state index contributed by atoms with van der Waals surface area (Å²) in [4.78, 5) is 27.7. The van der Waals surface area contributed by atoms with Crippen molar-refractivity contribution in [2.45, 2.75) is 26.1 Å². The lowest BCUT2D eigenvalue weighted by Crippen LogP contribution is -2.50. The molecule has 1 aromatic carbocycles. The Morgan fingerprint density at radius 3 is 2.65 bits per heavy atom.